The number of aromatic nitrogens is 1. The van der Waals surface area contributed by atoms with E-state index < -0.39 is 0 Å². The molecule has 1 aromatic rings. The Kier molecular flexibility index (Phi) is 4.40. The highest BCUT2D eigenvalue weighted by Gasteiger charge is 1.98. The lowest BCUT2D eigenvalue weighted by molar-refractivity contribution is 0.390. The average Bonchev–Trinajstić information content (AvgIpc) is 2.18. The third-order valence-electron chi connectivity index (χ3n) is 2.03. The summed E-state index contributed by atoms with van der Waals surface area (Å²) in [5.41, 5.74) is 1.10. The van der Waals surface area contributed by atoms with Gasteiger partial charge in [0.05, 0.1) is 7.11 Å². The lowest BCUT2D eigenvalue weighted by Crippen LogP contribution is -2.13. The third kappa shape index (κ3) is 3.75. The van der Waals surface area contributed by atoms with Crippen LogP contribution in [0.1, 0.15) is 12.1 Å². The summed E-state index contributed by atoms with van der Waals surface area (Å²) in [5.74, 6) is 0.701. The Bertz CT molecular complexity index is 274. The van der Waals surface area contributed by atoms with E-state index >= 15 is 0 Å². The molecule has 0 saturated heterocycles. The van der Waals surface area contributed by atoms with Crippen molar-refractivity contribution in [3.63, 3.8) is 0 Å². The first-order chi connectivity index (χ1) is 6.72. The van der Waals surface area contributed by atoms with Gasteiger partial charge in [0.1, 0.15) is 0 Å². The Balaban J connectivity index is 2.42. The predicted molar refractivity (Wildman–Crippen MR) is 57.7 cm³/mol. The fraction of sp³-hybridized carbons (Fsp3) is 0.545. The molecule has 1 aromatic heterocycles. The highest BCUT2D eigenvalue weighted by molar-refractivity contribution is 5.15. The van der Waals surface area contributed by atoms with E-state index in [0.717, 1.165) is 25.1 Å². The van der Waals surface area contributed by atoms with Crippen LogP contribution in [0.15, 0.2) is 18.2 Å². The summed E-state index contributed by atoms with van der Waals surface area (Å²) in [6, 6.07) is 5.89. The van der Waals surface area contributed by atoms with Crippen LogP contribution in [0.5, 0.6) is 5.88 Å². The zero-order chi connectivity index (χ0) is 10.4. The van der Waals surface area contributed by atoms with E-state index in [0.29, 0.717) is 5.88 Å². The summed E-state index contributed by atoms with van der Waals surface area (Å²) < 4.78 is 5.06. The van der Waals surface area contributed by atoms with Crippen molar-refractivity contribution in [3.8, 4) is 5.88 Å². The van der Waals surface area contributed by atoms with Crippen molar-refractivity contribution in [2.75, 3.05) is 27.7 Å². The van der Waals surface area contributed by atoms with Crippen LogP contribution >= 0.6 is 0 Å². The molecule has 0 amide bonds. The summed E-state index contributed by atoms with van der Waals surface area (Å²) >= 11 is 0. The van der Waals surface area contributed by atoms with Crippen molar-refractivity contribution in [1.82, 2.24) is 9.88 Å². The molecular weight excluding hydrogens is 176 g/mol. The maximum Gasteiger partial charge on any atom is 0.213 e. The van der Waals surface area contributed by atoms with Crippen molar-refractivity contribution in [1.29, 1.82) is 0 Å². The minimum atomic E-state index is 0.701. The molecule has 0 aliphatic rings. The molecule has 0 N–H and O–H groups in total. The Morgan fingerprint density at radius 1 is 1.36 bits per heavy atom. The first-order valence-corrected chi connectivity index (χ1v) is 4.87. The molecule has 0 radical (unpaired) electrons. The van der Waals surface area contributed by atoms with E-state index in [1.165, 1.54) is 0 Å². The van der Waals surface area contributed by atoms with Gasteiger partial charge >= 0.3 is 0 Å². The third-order valence-corrected chi connectivity index (χ3v) is 2.03. The van der Waals surface area contributed by atoms with Crippen LogP contribution in [-0.2, 0) is 6.42 Å². The van der Waals surface area contributed by atoms with E-state index in [1.807, 2.05) is 18.2 Å². The monoisotopic (exact) mass is 194 g/mol. The molecule has 0 aliphatic heterocycles. The van der Waals surface area contributed by atoms with Crippen molar-refractivity contribution in [2.45, 2.75) is 12.8 Å². The van der Waals surface area contributed by atoms with E-state index in [2.05, 4.69) is 24.0 Å². The van der Waals surface area contributed by atoms with Crippen LogP contribution in [0.2, 0.25) is 0 Å². The smallest absolute Gasteiger partial charge is 0.213 e. The first-order valence-electron chi connectivity index (χ1n) is 4.87. The van der Waals surface area contributed by atoms with Gasteiger partial charge in [0, 0.05) is 11.8 Å². The number of rotatable bonds is 5. The Labute approximate surface area is 85.7 Å². The Morgan fingerprint density at radius 2 is 2.14 bits per heavy atom. The summed E-state index contributed by atoms with van der Waals surface area (Å²) in [7, 11) is 5.81. The van der Waals surface area contributed by atoms with Crippen molar-refractivity contribution < 1.29 is 4.74 Å². The van der Waals surface area contributed by atoms with Gasteiger partial charge < -0.3 is 9.64 Å². The van der Waals surface area contributed by atoms with Crippen LogP contribution < -0.4 is 4.74 Å². The SMILES string of the molecule is COc1cccc(CCCN(C)C)n1. The van der Waals surface area contributed by atoms with Crippen LogP contribution in [-0.4, -0.2) is 37.6 Å². The summed E-state index contributed by atoms with van der Waals surface area (Å²) in [6.45, 7) is 1.10. The fourth-order valence-electron chi connectivity index (χ4n) is 1.29. The van der Waals surface area contributed by atoms with Crippen molar-refractivity contribution >= 4 is 0 Å². The Hall–Kier alpha value is -1.09. The van der Waals surface area contributed by atoms with Gasteiger partial charge in [0.25, 0.3) is 0 Å². The van der Waals surface area contributed by atoms with Crippen molar-refractivity contribution in [2.24, 2.45) is 0 Å². The van der Waals surface area contributed by atoms with Crippen LogP contribution in [0, 0.1) is 0 Å². The zero-order valence-corrected chi connectivity index (χ0v) is 9.16. The molecule has 1 heterocycles. The largest absolute Gasteiger partial charge is 0.481 e. The standard InChI is InChI=1S/C11H18N2O/c1-13(2)9-5-7-10-6-4-8-11(12-10)14-3/h4,6,8H,5,7,9H2,1-3H3. The number of aryl methyl sites for hydroxylation is 1. The number of hydrogen-bond acceptors (Lipinski definition) is 3. The molecule has 14 heavy (non-hydrogen) atoms. The van der Waals surface area contributed by atoms with Gasteiger partial charge in [-0.15, -0.1) is 0 Å². The summed E-state index contributed by atoms with van der Waals surface area (Å²) in [4.78, 5) is 6.53. The quantitative estimate of drug-likeness (QED) is 0.711. The lowest BCUT2D eigenvalue weighted by Gasteiger charge is -2.08. The lowest BCUT2D eigenvalue weighted by atomic mass is 10.2. The minimum absolute atomic E-state index is 0.701. The zero-order valence-electron chi connectivity index (χ0n) is 9.16. The Morgan fingerprint density at radius 3 is 2.79 bits per heavy atom. The second-order valence-corrected chi connectivity index (χ2v) is 3.58. The molecule has 0 fully saturated rings. The van der Waals surface area contributed by atoms with Gasteiger partial charge in [-0.1, -0.05) is 6.07 Å². The number of pyridine rings is 1. The number of nitrogens with zero attached hydrogens (tertiary/aromatic N) is 2. The molecule has 0 bridgehead atoms. The molecule has 0 saturated carbocycles. The average molecular weight is 194 g/mol. The maximum absolute atomic E-state index is 5.06. The number of hydrogen-bond donors (Lipinski definition) is 0. The number of ether oxygens (including phenoxy) is 1. The minimum Gasteiger partial charge on any atom is -0.481 e. The molecule has 78 valence electrons. The molecule has 0 atom stereocenters. The highest BCUT2D eigenvalue weighted by atomic mass is 16.5. The van der Waals surface area contributed by atoms with Gasteiger partial charge in [0.2, 0.25) is 5.88 Å². The van der Waals surface area contributed by atoms with Crippen LogP contribution in [0.25, 0.3) is 0 Å². The van der Waals surface area contributed by atoms with Gasteiger partial charge in [-0.05, 0) is 39.5 Å². The molecule has 0 aliphatic carbocycles. The molecular formula is C11H18N2O. The topological polar surface area (TPSA) is 25.4 Å². The molecule has 3 heteroatoms. The van der Waals surface area contributed by atoms with Gasteiger partial charge in [-0.25, -0.2) is 4.98 Å². The van der Waals surface area contributed by atoms with Crippen molar-refractivity contribution in [3.05, 3.63) is 23.9 Å². The van der Waals surface area contributed by atoms with Crippen LogP contribution in [0.4, 0.5) is 0 Å². The normalized spacial score (nSPS) is 10.6. The number of methoxy groups -OCH3 is 1. The van der Waals surface area contributed by atoms with Gasteiger partial charge in [-0.2, -0.15) is 0 Å². The summed E-state index contributed by atoms with van der Waals surface area (Å²) in [6.07, 6.45) is 2.14. The first kappa shape index (κ1) is 11.0. The van der Waals surface area contributed by atoms with E-state index in [9.17, 15) is 0 Å². The second kappa shape index (κ2) is 5.60. The fourth-order valence-corrected chi connectivity index (χ4v) is 1.29. The molecule has 0 unspecified atom stereocenters. The van der Waals surface area contributed by atoms with Gasteiger partial charge in [0.15, 0.2) is 0 Å². The predicted octanol–water partition coefficient (Wildman–Crippen LogP) is 1.58. The van der Waals surface area contributed by atoms with Crippen LogP contribution in [0.3, 0.4) is 0 Å². The van der Waals surface area contributed by atoms with E-state index in [-0.39, 0.29) is 0 Å². The molecule has 3 nitrogen and oxygen atoms in total. The molecule has 0 aromatic carbocycles. The van der Waals surface area contributed by atoms with E-state index in [1.54, 1.807) is 7.11 Å². The molecule has 1 rings (SSSR count). The highest BCUT2D eigenvalue weighted by Crippen LogP contribution is 2.08. The summed E-state index contributed by atoms with van der Waals surface area (Å²) in [5, 5.41) is 0. The van der Waals surface area contributed by atoms with Gasteiger partial charge in [-0.3, -0.25) is 0 Å². The molecule has 0 spiro atoms. The van der Waals surface area contributed by atoms with E-state index in [4.69, 9.17) is 4.74 Å². The maximum atomic E-state index is 5.06. The second-order valence-electron chi connectivity index (χ2n) is 3.58.